The molecule has 1 amide bonds. The van der Waals surface area contributed by atoms with Crippen LogP contribution in [0, 0.1) is 0 Å². The van der Waals surface area contributed by atoms with Crippen LogP contribution >= 0.6 is 0 Å². The summed E-state index contributed by atoms with van der Waals surface area (Å²) >= 11 is 0. The zero-order valence-corrected chi connectivity index (χ0v) is 14.2. The average molecular weight is 336 g/mol. The van der Waals surface area contributed by atoms with Crippen molar-refractivity contribution in [2.75, 3.05) is 0 Å². The normalized spacial score (nSPS) is 12.6. The van der Waals surface area contributed by atoms with E-state index < -0.39 is 0 Å². The number of nitrogens with one attached hydrogen (secondary N) is 1. The molecule has 1 atom stereocenters. The first kappa shape index (κ1) is 16.7. The molecule has 0 saturated heterocycles. The largest absolute Gasteiger partial charge is 0.506 e. The van der Waals surface area contributed by atoms with Crippen LogP contribution in [0.4, 0.5) is 0 Å². The molecule has 2 aromatic heterocycles. The van der Waals surface area contributed by atoms with Gasteiger partial charge in [-0.15, -0.1) is 0 Å². The minimum Gasteiger partial charge on any atom is -0.506 e. The van der Waals surface area contributed by atoms with Crippen LogP contribution in [0.25, 0.3) is 17.1 Å². The molecule has 0 spiro atoms. The van der Waals surface area contributed by atoms with Crippen molar-refractivity contribution >= 4 is 23.0 Å². The van der Waals surface area contributed by atoms with Gasteiger partial charge in [-0.25, -0.2) is 4.98 Å². The predicted molar refractivity (Wildman–Crippen MR) is 96.9 cm³/mol. The molecule has 3 rings (SSSR count). The molecule has 0 aliphatic heterocycles. The lowest BCUT2D eigenvalue weighted by Crippen LogP contribution is -2.27. The summed E-state index contributed by atoms with van der Waals surface area (Å²) in [5.41, 5.74) is 2.63. The summed E-state index contributed by atoms with van der Waals surface area (Å²) in [6.45, 7) is 4.75. The van der Waals surface area contributed by atoms with E-state index in [0.29, 0.717) is 5.56 Å². The number of imidazole rings is 1. The highest BCUT2D eigenvalue weighted by Crippen LogP contribution is 2.20. The average Bonchev–Trinajstić information content (AvgIpc) is 2.99. The third-order valence-corrected chi connectivity index (χ3v) is 3.92. The smallest absolute Gasteiger partial charge is 0.244 e. The van der Waals surface area contributed by atoms with E-state index in [1.54, 1.807) is 12.3 Å². The molecule has 25 heavy (non-hydrogen) atoms. The molecule has 0 saturated carbocycles. The Bertz CT molecular complexity index is 930. The first-order valence-corrected chi connectivity index (χ1v) is 8.16. The summed E-state index contributed by atoms with van der Waals surface area (Å²) in [4.78, 5) is 20.7. The van der Waals surface area contributed by atoms with Gasteiger partial charge in [0.1, 0.15) is 11.6 Å². The van der Waals surface area contributed by atoms with Crippen LogP contribution in [-0.4, -0.2) is 25.5 Å². The van der Waals surface area contributed by atoms with Gasteiger partial charge in [-0.1, -0.05) is 12.1 Å². The van der Waals surface area contributed by atoms with Gasteiger partial charge < -0.3 is 15.0 Å². The van der Waals surface area contributed by atoms with Crippen LogP contribution < -0.4 is 5.32 Å². The van der Waals surface area contributed by atoms with Crippen molar-refractivity contribution in [3.05, 3.63) is 60.2 Å². The van der Waals surface area contributed by atoms with Crippen molar-refractivity contribution in [1.29, 1.82) is 0 Å². The number of nitrogens with zero attached hydrogens (tertiary/aromatic N) is 3. The second-order valence-corrected chi connectivity index (χ2v) is 5.74. The molecule has 0 aliphatic carbocycles. The first-order chi connectivity index (χ1) is 12.1. The van der Waals surface area contributed by atoms with Crippen LogP contribution in [-0.2, 0) is 11.3 Å². The zero-order chi connectivity index (χ0) is 17.8. The van der Waals surface area contributed by atoms with E-state index in [2.05, 4.69) is 26.8 Å². The number of hydrogen-bond donors (Lipinski definition) is 2. The molecule has 0 aliphatic rings. The number of aryl methyl sites for hydroxylation is 1. The Labute approximate surface area is 145 Å². The Morgan fingerprint density at radius 3 is 2.92 bits per heavy atom. The van der Waals surface area contributed by atoms with E-state index in [-0.39, 0.29) is 17.7 Å². The minimum atomic E-state index is -0.231. The minimum absolute atomic E-state index is 0.0626. The van der Waals surface area contributed by atoms with E-state index in [0.717, 1.165) is 23.4 Å². The van der Waals surface area contributed by atoms with Crippen LogP contribution in [0.5, 0.6) is 5.75 Å². The number of amides is 1. The molecule has 3 aromatic rings. The molecule has 0 fully saturated rings. The fourth-order valence-electron chi connectivity index (χ4n) is 2.79. The quantitative estimate of drug-likeness (QED) is 0.702. The lowest BCUT2D eigenvalue weighted by molar-refractivity contribution is -0.117. The number of hydrogen-bond acceptors (Lipinski definition) is 4. The molecule has 6 heteroatoms. The summed E-state index contributed by atoms with van der Waals surface area (Å²) in [6.07, 6.45) is 5.95. The molecule has 2 N–H and O–H groups in total. The fourth-order valence-corrected chi connectivity index (χ4v) is 2.79. The molecule has 1 aromatic carbocycles. The number of para-hydroxylation sites is 2. The summed E-state index contributed by atoms with van der Waals surface area (Å²) in [5.74, 6) is 0.655. The number of rotatable bonds is 5. The maximum absolute atomic E-state index is 12.2. The van der Waals surface area contributed by atoms with Crippen LogP contribution in [0.2, 0.25) is 0 Å². The molecule has 1 unspecified atom stereocenters. The Kier molecular flexibility index (Phi) is 4.79. The Morgan fingerprint density at radius 1 is 1.36 bits per heavy atom. The maximum Gasteiger partial charge on any atom is 0.244 e. The number of pyridine rings is 1. The van der Waals surface area contributed by atoms with Gasteiger partial charge in [-0.3, -0.25) is 9.78 Å². The number of carbonyl (C=O) groups is 1. The van der Waals surface area contributed by atoms with Gasteiger partial charge in [0, 0.05) is 18.8 Å². The molecular formula is C19H20N4O2. The van der Waals surface area contributed by atoms with Crippen molar-refractivity contribution in [1.82, 2.24) is 19.9 Å². The molecule has 128 valence electrons. The molecule has 0 radical (unpaired) electrons. The SMILES string of the molecule is CCn1c(C(C)NC(=O)/C=C/c2cncc(O)c2)nc2ccccc21. The third kappa shape index (κ3) is 3.68. The maximum atomic E-state index is 12.2. The van der Waals surface area contributed by atoms with Gasteiger partial charge in [0.2, 0.25) is 5.91 Å². The highest BCUT2D eigenvalue weighted by molar-refractivity contribution is 5.92. The van der Waals surface area contributed by atoms with Gasteiger partial charge in [0.05, 0.1) is 23.3 Å². The van der Waals surface area contributed by atoms with Gasteiger partial charge in [0.25, 0.3) is 0 Å². The van der Waals surface area contributed by atoms with Gasteiger partial charge in [-0.05, 0) is 43.7 Å². The van der Waals surface area contributed by atoms with Crippen LogP contribution in [0.15, 0.2) is 48.8 Å². The van der Waals surface area contributed by atoms with Crippen molar-refractivity contribution in [3.8, 4) is 5.75 Å². The van der Waals surface area contributed by atoms with Crippen molar-refractivity contribution < 1.29 is 9.90 Å². The van der Waals surface area contributed by atoms with E-state index in [1.807, 2.05) is 31.2 Å². The van der Waals surface area contributed by atoms with Crippen LogP contribution in [0.3, 0.4) is 0 Å². The van der Waals surface area contributed by atoms with E-state index >= 15 is 0 Å². The zero-order valence-electron chi connectivity index (χ0n) is 14.2. The summed E-state index contributed by atoms with van der Waals surface area (Å²) in [5, 5.41) is 12.3. The Morgan fingerprint density at radius 2 is 2.16 bits per heavy atom. The molecule has 2 heterocycles. The number of aromatic nitrogens is 3. The van der Waals surface area contributed by atoms with Crippen molar-refractivity contribution in [2.24, 2.45) is 0 Å². The number of aromatic hydroxyl groups is 1. The monoisotopic (exact) mass is 336 g/mol. The third-order valence-electron chi connectivity index (χ3n) is 3.92. The second kappa shape index (κ2) is 7.17. The number of benzene rings is 1. The topological polar surface area (TPSA) is 80.0 Å². The van der Waals surface area contributed by atoms with E-state index in [1.165, 1.54) is 18.3 Å². The molecular weight excluding hydrogens is 316 g/mol. The summed E-state index contributed by atoms with van der Waals surface area (Å²) in [6, 6.07) is 9.24. The van der Waals surface area contributed by atoms with Gasteiger partial charge in [0.15, 0.2) is 0 Å². The van der Waals surface area contributed by atoms with Gasteiger partial charge >= 0.3 is 0 Å². The number of carbonyl (C=O) groups excluding carboxylic acids is 1. The van der Waals surface area contributed by atoms with Crippen molar-refractivity contribution in [2.45, 2.75) is 26.4 Å². The van der Waals surface area contributed by atoms with Gasteiger partial charge in [-0.2, -0.15) is 0 Å². The van der Waals surface area contributed by atoms with E-state index in [4.69, 9.17) is 0 Å². The Balaban J connectivity index is 1.75. The number of fused-ring (bicyclic) bond motifs is 1. The molecule has 0 bridgehead atoms. The molecule has 6 nitrogen and oxygen atoms in total. The summed E-state index contributed by atoms with van der Waals surface area (Å²) in [7, 11) is 0. The van der Waals surface area contributed by atoms with E-state index in [9.17, 15) is 9.90 Å². The highest BCUT2D eigenvalue weighted by Gasteiger charge is 2.16. The lowest BCUT2D eigenvalue weighted by Gasteiger charge is -2.14. The second-order valence-electron chi connectivity index (χ2n) is 5.74. The lowest BCUT2D eigenvalue weighted by atomic mass is 10.2. The van der Waals surface area contributed by atoms with Crippen LogP contribution in [0.1, 0.15) is 31.3 Å². The Hall–Kier alpha value is -3.15. The fraction of sp³-hybridized carbons (Fsp3) is 0.211. The first-order valence-electron chi connectivity index (χ1n) is 8.16. The highest BCUT2D eigenvalue weighted by atomic mass is 16.3. The summed E-state index contributed by atoms with van der Waals surface area (Å²) < 4.78 is 2.10. The predicted octanol–water partition coefficient (Wildman–Crippen LogP) is 3.05. The standard InChI is InChI=1S/C19H20N4O2/c1-3-23-17-7-5-4-6-16(17)22-19(23)13(2)21-18(25)9-8-14-10-15(24)12-20-11-14/h4-13,24H,3H2,1-2H3,(H,21,25)/b9-8+. The van der Waals surface area contributed by atoms with Crippen molar-refractivity contribution in [3.63, 3.8) is 0 Å².